The number of carbonyl (C=O) groups excluding carboxylic acids is 2. The smallest absolute Gasteiger partial charge is 0.306 e. The summed E-state index contributed by atoms with van der Waals surface area (Å²) in [5, 5.41) is 9.72. The summed E-state index contributed by atoms with van der Waals surface area (Å²) in [6.45, 7) is 4.06. The van der Waals surface area contributed by atoms with E-state index < -0.39 is 6.10 Å². The van der Waals surface area contributed by atoms with Crippen LogP contribution in [0.25, 0.3) is 0 Å². The zero-order valence-electron chi connectivity index (χ0n) is 58.7. The van der Waals surface area contributed by atoms with E-state index in [1.165, 1.54) is 289 Å². The minimum atomic E-state index is -0.775. The van der Waals surface area contributed by atoms with Crippen molar-refractivity contribution in [3.8, 4) is 0 Å². The fourth-order valence-corrected chi connectivity index (χ4v) is 11.6. The minimum absolute atomic E-state index is 0.0632. The number of carbonyl (C=O) groups is 2. The summed E-state index contributed by atoms with van der Waals surface area (Å²) < 4.78 is 10.8. The Morgan fingerprint density at radius 3 is 0.739 bits per heavy atom. The molecule has 0 spiro atoms. The normalized spacial score (nSPS) is 12.7. The van der Waals surface area contributed by atoms with Gasteiger partial charge in [0.15, 0.2) is 6.10 Å². The molecule has 0 aromatic carbocycles. The number of hydrogen-bond donors (Lipinski definition) is 1. The molecule has 5 nitrogen and oxygen atoms in total. The van der Waals surface area contributed by atoms with Crippen LogP contribution in [0.15, 0.2) is 97.2 Å². The summed E-state index contributed by atoms with van der Waals surface area (Å²) >= 11 is 0. The molecular formula is C83H148O5. The highest BCUT2D eigenvalue weighted by atomic mass is 16.6. The van der Waals surface area contributed by atoms with Gasteiger partial charge in [0, 0.05) is 12.8 Å². The number of esters is 2. The van der Waals surface area contributed by atoms with Crippen molar-refractivity contribution < 1.29 is 24.2 Å². The molecule has 0 aromatic rings. The zero-order chi connectivity index (χ0) is 63.3. The van der Waals surface area contributed by atoms with Gasteiger partial charge in [0.25, 0.3) is 0 Å². The Bertz CT molecular complexity index is 1630. The Morgan fingerprint density at radius 1 is 0.273 bits per heavy atom. The highest BCUT2D eigenvalue weighted by molar-refractivity contribution is 5.70. The summed E-state index contributed by atoms with van der Waals surface area (Å²) in [6, 6.07) is 0. The molecule has 0 amide bonds. The van der Waals surface area contributed by atoms with E-state index >= 15 is 0 Å². The predicted octanol–water partition coefficient (Wildman–Crippen LogP) is 27.3. The molecule has 1 N–H and O–H groups in total. The Hall–Kier alpha value is -3.18. The maximum atomic E-state index is 12.4. The SMILES string of the molecule is CC/C=C\C/C=C\C/C=C\C/C=C\C/C=C\CCCCCCCCCCCCCCCCCCCC(=O)OC(CO)COC(=O)CCCCCCCCCCCCCCCCCCCCCCCCCCCC/C=C\C/C=C\C/C=C\CCCCCCC. The van der Waals surface area contributed by atoms with Crippen LogP contribution in [-0.4, -0.2) is 36.4 Å². The quantitative estimate of drug-likeness (QED) is 0.0373. The van der Waals surface area contributed by atoms with E-state index in [9.17, 15) is 14.7 Å². The van der Waals surface area contributed by atoms with Gasteiger partial charge in [-0.1, -0.05) is 387 Å². The van der Waals surface area contributed by atoms with Crippen LogP contribution in [0.4, 0.5) is 0 Å². The van der Waals surface area contributed by atoms with Crippen LogP contribution >= 0.6 is 0 Å². The number of aliphatic hydroxyl groups excluding tert-OH is 1. The first kappa shape index (κ1) is 84.8. The molecule has 0 saturated heterocycles. The van der Waals surface area contributed by atoms with Crippen LogP contribution in [0.3, 0.4) is 0 Å². The number of ether oxygens (including phenoxy) is 2. The molecule has 1 atom stereocenters. The van der Waals surface area contributed by atoms with E-state index in [2.05, 4.69) is 111 Å². The summed E-state index contributed by atoms with van der Waals surface area (Å²) in [7, 11) is 0. The fraction of sp³-hybridized carbons (Fsp3) is 0.783. The molecule has 510 valence electrons. The first-order valence-corrected chi connectivity index (χ1v) is 38.8. The predicted molar refractivity (Wildman–Crippen MR) is 389 cm³/mol. The summed E-state index contributed by atoms with van der Waals surface area (Å²) in [4.78, 5) is 24.7. The summed E-state index contributed by atoms with van der Waals surface area (Å²) in [6.07, 6.45) is 112. The Balaban J connectivity index is 3.40. The van der Waals surface area contributed by atoms with E-state index in [1.807, 2.05) is 0 Å². The topological polar surface area (TPSA) is 72.8 Å². The molecule has 0 fully saturated rings. The van der Waals surface area contributed by atoms with Crippen LogP contribution in [0, 0.1) is 0 Å². The van der Waals surface area contributed by atoms with Crippen LogP contribution in [0.2, 0.25) is 0 Å². The van der Waals surface area contributed by atoms with Gasteiger partial charge in [-0.15, -0.1) is 0 Å². The van der Waals surface area contributed by atoms with Crippen molar-refractivity contribution in [3.05, 3.63) is 97.2 Å². The van der Waals surface area contributed by atoms with Crippen LogP contribution < -0.4 is 0 Å². The van der Waals surface area contributed by atoms with E-state index in [0.29, 0.717) is 12.8 Å². The van der Waals surface area contributed by atoms with Gasteiger partial charge >= 0.3 is 11.9 Å². The molecule has 0 aliphatic carbocycles. The molecule has 0 bridgehead atoms. The van der Waals surface area contributed by atoms with Crippen LogP contribution in [-0.2, 0) is 19.1 Å². The number of aliphatic hydroxyl groups is 1. The number of unbranched alkanes of at least 4 members (excludes halogenated alkanes) is 48. The van der Waals surface area contributed by atoms with Gasteiger partial charge < -0.3 is 14.6 Å². The molecule has 88 heavy (non-hydrogen) atoms. The number of rotatable bonds is 72. The van der Waals surface area contributed by atoms with Crippen LogP contribution in [0.5, 0.6) is 0 Å². The van der Waals surface area contributed by atoms with Crippen molar-refractivity contribution in [2.24, 2.45) is 0 Å². The van der Waals surface area contributed by atoms with Gasteiger partial charge in [0.2, 0.25) is 0 Å². The lowest BCUT2D eigenvalue weighted by Gasteiger charge is -2.15. The number of hydrogen-bond acceptors (Lipinski definition) is 5. The largest absolute Gasteiger partial charge is 0.462 e. The van der Waals surface area contributed by atoms with Crippen LogP contribution in [0.1, 0.15) is 399 Å². The highest BCUT2D eigenvalue weighted by Gasteiger charge is 2.16. The van der Waals surface area contributed by atoms with Crippen molar-refractivity contribution in [1.82, 2.24) is 0 Å². The highest BCUT2D eigenvalue weighted by Crippen LogP contribution is 2.19. The van der Waals surface area contributed by atoms with Crippen molar-refractivity contribution >= 4 is 11.9 Å². The van der Waals surface area contributed by atoms with Gasteiger partial charge in [-0.2, -0.15) is 0 Å². The molecule has 0 aliphatic heterocycles. The molecule has 5 heteroatoms. The Kier molecular flexibility index (Phi) is 75.2. The van der Waals surface area contributed by atoms with E-state index in [0.717, 1.165) is 83.5 Å². The first-order valence-electron chi connectivity index (χ1n) is 38.8. The lowest BCUT2D eigenvalue weighted by Crippen LogP contribution is -2.28. The Labute approximate surface area is 548 Å². The molecule has 1 unspecified atom stereocenters. The van der Waals surface area contributed by atoms with Crippen molar-refractivity contribution in [3.63, 3.8) is 0 Å². The van der Waals surface area contributed by atoms with Crippen molar-refractivity contribution in [1.29, 1.82) is 0 Å². The van der Waals surface area contributed by atoms with E-state index in [-0.39, 0.29) is 25.2 Å². The molecule has 0 radical (unpaired) electrons. The van der Waals surface area contributed by atoms with Gasteiger partial charge in [-0.3, -0.25) is 9.59 Å². The maximum absolute atomic E-state index is 12.4. The third-order valence-corrected chi connectivity index (χ3v) is 17.4. The lowest BCUT2D eigenvalue weighted by atomic mass is 10.0. The van der Waals surface area contributed by atoms with Gasteiger partial charge in [-0.05, 0) is 96.3 Å². The monoisotopic (exact) mass is 1230 g/mol. The molecule has 0 aliphatic rings. The second-order valence-corrected chi connectivity index (χ2v) is 26.1. The fourth-order valence-electron chi connectivity index (χ4n) is 11.6. The number of allylic oxidation sites excluding steroid dienone is 16. The molecular weight excluding hydrogens is 1080 g/mol. The lowest BCUT2D eigenvalue weighted by molar-refractivity contribution is -0.161. The van der Waals surface area contributed by atoms with E-state index in [4.69, 9.17) is 9.47 Å². The molecule has 0 heterocycles. The Morgan fingerprint density at radius 2 is 0.489 bits per heavy atom. The summed E-state index contributed by atoms with van der Waals surface area (Å²) in [5.41, 5.74) is 0. The third kappa shape index (κ3) is 75.3. The molecule has 0 rings (SSSR count). The third-order valence-electron chi connectivity index (χ3n) is 17.4. The molecule has 0 saturated carbocycles. The van der Waals surface area contributed by atoms with Gasteiger partial charge in [0.1, 0.15) is 6.61 Å². The first-order chi connectivity index (χ1) is 43.6. The average Bonchev–Trinajstić information content (AvgIpc) is 3.56. The second-order valence-electron chi connectivity index (χ2n) is 26.1. The van der Waals surface area contributed by atoms with Gasteiger partial charge in [0.05, 0.1) is 6.61 Å². The minimum Gasteiger partial charge on any atom is -0.462 e. The van der Waals surface area contributed by atoms with Crippen molar-refractivity contribution in [2.45, 2.75) is 405 Å². The maximum Gasteiger partial charge on any atom is 0.306 e. The average molecular weight is 1230 g/mol. The second kappa shape index (κ2) is 78.1. The van der Waals surface area contributed by atoms with Gasteiger partial charge in [-0.25, -0.2) is 0 Å². The standard InChI is InChI=1S/C83H148O5/c1-3-5-7-9-11-13-15-17-19-21-23-25-27-29-31-33-35-37-38-39-40-41-42-43-44-46-47-49-51-53-55-57-59-61-63-65-67-69-71-73-75-77-82(85)87-80-81(79-84)88-83(86)78-76-74-72-70-68-66-64-62-60-58-56-54-52-50-48-45-36-34-32-30-28-26-24-22-20-18-16-14-12-10-8-6-4-2/h6,8,12,14-15,17-18,20-21,23-24,26-27,29-30,32,81,84H,3-5,7,9-11,13,16,19,22,25,28,31,33-80H2,1-2H3/b8-6-,14-12-,17-15-,20-18-,23-21-,26-24-,29-27-,32-30-. The molecule has 0 aromatic heterocycles. The van der Waals surface area contributed by atoms with E-state index in [1.54, 1.807) is 0 Å². The zero-order valence-corrected chi connectivity index (χ0v) is 58.7. The van der Waals surface area contributed by atoms with Crippen molar-refractivity contribution in [2.75, 3.05) is 13.2 Å². The summed E-state index contributed by atoms with van der Waals surface area (Å²) in [5.74, 6) is -0.572.